The zero-order valence-electron chi connectivity index (χ0n) is 8.54. The van der Waals surface area contributed by atoms with E-state index in [0.29, 0.717) is 6.04 Å². The van der Waals surface area contributed by atoms with Crippen molar-refractivity contribution in [2.24, 2.45) is 0 Å². The minimum Gasteiger partial charge on any atom is -0.392 e. The van der Waals surface area contributed by atoms with Gasteiger partial charge in [0.25, 0.3) is 0 Å². The highest BCUT2D eigenvalue weighted by atomic mass is 16.5. The first-order valence-corrected chi connectivity index (χ1v) is 5.53. The largest absolute Gasteiger partial charge is 0.392 e. The molecule has 0 spiro atoms. The summed E-state index contributed by atoms with van der Waals surface area (Å²) in [6.07, 6.45) is 6.29. The lowest BCUT2D eigenvalue weighted by Crippen LogP contribution is -2.37. The van der Waals surface area contributed by atoms with Gasteiger partial charge in [-0.15, -0.1) is 0 Å². The van der Waals surface area contributed by atoms with Crippen molar-refractivity contribution in [2.45, 2.75) is 37.8 Å². The van der Waals surface area contributed by atoms with Gasteiger partial charge in [-0.25, -0.2) is 0 Å². The summed E-state index contributed by atoms with van der Waals surface area (Å²) in [6.45, 7) is 2.52. The molecule has 0 aromatic rings. The molecule has 1 heterocycles. The molecule has 0 radical (unpaired) electrons. The number of ether oxygens (including phenoxy) is 1. The molecule has 0 aromatic carbocycles. The normalized spacial score (nSPS) is 33.1. The molecule has 0 bridgehead atoms. The van der Waals surface area contributed by atoms with Crippen molar-refractivity contribution in [1.29, 1.82) is 0 Å². The zero-order valence-corrected chi connectivity index (χ0v) is 8.54. The van der Waals surface area contributed by atoms with Crippen LogP contribution in [0.2, 0.25) is 0 Å². The molecule has 2 aliphatic rings. The van der Waals surface area contributed by atoms with Crippen LogP contribution in [0.15, 0.2) is 11.6 Å². The second kappa shape index (κ2) is 4.91. The summed E-state index contributed by atoms with van der Waals surface area (Å²) in [5.74, 6) is 0. The van der Waals surface area contributed by atoms with Crippen LogP contribution in [0.1, 0.15) is 25.7 Å². The number of aliphatic hydroxyl groups excluding tert-OH is 1. The molecule has 2 atom stereocenters. The topological polar surface area (TPSA) is 41.5 Å². The zero-order chi connectivity index (χ0) is 9.80. The molecule has 0 aromatic heterocycles. The van der Waals surface area contributed by atoms with Crippen LogP contribution in [0, 0.1) is 0 Å². The fourth-order valence-electron chi connectivity index (χ4n) is 2.17. The lowest BCUT2D eigenvalue weighted by Gasteiger charge is -2.19. The smallest absolute Gasteiger partial charge is 0.0693 e. The van der Waals surface area contributed by atoms with Gasteiger partial charge in [-0.1, -0.05) is 11.6 Å². The third-order valence-electron chi connectivity index (χ3n) is 3.13. The first-order valence-electron chi connectivity index (χ1n) is 5.53. The molecular formula is C11H19NO2. The van der Waals surface area contributed by atoms with Crippen LogP contribution in [0.3, 0.4) is 0 Å². The number of nitrogens with one attached hydrogen (secondary N) is 1. The van der Waals surface area contributed by atoms with E-state index in [2.05, 4.69) is 11.4 Å². The van der Waals surface area contributed by atoms with Crippen LogP contribution >= 0.6 is 0 Å². The van der Waals surface area contributed by atoms with Crippen molar-refractivity contribution in [3.8, 4) is 0 Å². The Bertz CT molecular complexity index is 215. The molecule has 1 aliphatic heterocycles. The van der Waals surface area contributed by atoms with E-state index in [-0.39, 0.29) is 6.10 Å². The van der Waals surface area contributed by atoms with Gasteiger partial charge in [0, 0.05) is 12.6 Å². The third-order valence-corrected chi connectivity index (χ3v) is 3.13. The SMILES string of the molecule is O[C@@H]1CCC[C@H]1NCC1=CCOCC1. The highest BCUT2D eigenvalue weighted by Crippen LogP contribution is 2.19. The second-order valence-corrected chi connectivity index (χ2v) is 4.17. The van der Waals surface area contributed by atoms with E-state index in [4.69, 9.17) is 4.74 Å². The number of hydrogen-bond acceptors (Lipinski definition) is 3. The van der Waals surface area contributed by atoms with Gasteiger partial charge in [-0.2, -0.15) is 0 Å². The summed E-state index contributed by atoms with van der Waals surface area (Å²) in [5.41, 5.74) is 1.43. The quantitative estimate of drug-likeness (QED) is 0.659. The van der Waals surface area contributed by atoms with Crippen molar-refractivity contribution in [2.75, 3.05) is 19.8 Å². The first kappa shape index (κ1) is 10.1. The Labute approximate surface area is 85.1 Å². The summed E-state index contributed by atoms with van der Waals surface area (Å²) in [7, 11) is 0. The van der Waals surface area contributed by atoms with Gasteiger partial charge in [0.1, 0.15) is 0 Å². The van der Waals surface area contributed by atoms with Crippen molar-refractivity contribution < 1.29 is 9.84 Å². The average molecular weight is 197 g/mol. The van der Waals surface area contributed by atoms with Crippen LogP contribution in [0.25, 0.3) is 0 Å². The summed E-state index contributed by atoms with van der Waals surface area (Å²) in [6, 6.07) is 0.318. The average Bonchev–Trinajstić information content (AvgIpc) is 2.63. The van der Waals surface area contributed by atoms with Crippen molar-refractivity contribution in [3.63, 3.8) is 0 Å². The van der Waals surface area contributed by atoms with Gasteiger partial charge in [-0.05, 0) is 25.7 Å². The summed E-state index contributed by atoms with van der Waals surface area (Å²) >= 11 is 0. The summed E-state index contributed by atoms with van der Waals surface area (Å²) < 4.78 is 5.24. The van der Waals surface area contributed by atoms with E-state index in [1.165, 1.54) is 5.57 Å². The van der Waals surface area contributed by atoms with E-state index in [1.54, 1.807) is 0 Å². The fourth-order valence-corrected chi connectivity index (χ4v) is 2.17. The predicted molar refractivity (Wildman–Crippen MR) is 55.2 cm³/mol. The summed E-state index contributed by atoms with van der Waals surface area (Å²) in [4.78, 5) is 0. The monoisotopic (exact) mass is 197 g/mol. The standard InChI is InChI=1S/C11H19NO2/c13-11-3-1-2-10(11)12-8-9-4-6-14-7-5-9/h4,10-13H,1-3,5-8H2/t10-,11-/m1/s1. The van der Waals surface area contributed by atoms with E-state index < -0.39 is 0 Å². The van der Waals surface area contributed by atoms with E-state index in [9.17, 15) is 5.11 Å². The molecule has 1 fully saturated rings. The third kappa shape index (κ3) is 2.56. The highest BCUT2D eigenvalue weighted by Gasteiger charge is 2.24. The minimum absolute atomic E-state index is 0.129. The van der Waals surface area contributed by atoms with Crippen LogP contribution in [0.5, 0.6) is 0 Å². The molecule has 14 heavy (non-hydrogen) atoms. The molecule has 2 N–H and O–H groups in total. The number of hydrogen-bond donors (Lipinski definition) is 2. The van der Waals surface area contributed by atoms with Crippen molar-refractivity contribution >= 4 is 0 Å². The molecule has 2 rings (SSSR count). The molecule has 80 valence electrons. The van der Waals surface area contributed by atoms with Gasteiger partial charge in [0.2, 0.25) is 0 Å². The van der Waals surface area contributed by atoms with Crippen LogP contribution in [0.4, 0.5) is 0 Å². The Morgan fingerprint density at radius 1 is 1.50 bits per heavy atom. The van der Waals surface area contributed by atoms with Crippen molar-refractivity contribution in [1.82, 2.24) is 5.32 Å². The second-order valence-electron chi connectivity index (χ2n) is 4.17. The maximum Gasteiger partial charge on any atom is 0.0693 e. The van der Waals surface area contributed by atoms with Crippen LogP contribution < -0.4 is 5.32 Å². The lowest BCUT2D eigenvalue weighted by molar-refractivity contribution is 0.145. The predicted octanol–water partition coefficient (Wildman–Crippen LogP) is 0.836. The molecular weight excluding hydrogens is 178 g/mol. The number of aliphatic hydroxyl groups is 1. The van der Waals surface area contributed by atoms with Crippen LogP contribution in [-0.4, -0.2) is 37.0 Å². The lowest BCUT2D eigenvalue weighted by atomic mass is 10.1. The Morgan fingerprint density at radius 3 is 3.07 bits per heavy atom. The fraction of sp³-hybridized carbons (Fsp3) is 0.818. The maximum atomic E-state index is 9.61. The first-order chi connectivity index (χ1) is 6.86. The van der Waals surface area contributed by atoms with E-state index >= 15 is 0 Å². The van der Waals surface area contributed by atoms with E-state index in [0.717, 1.165) is 45.4 Å². The van der Waals surface area contributed by atoms with Gasteiger partial charge in [0.15, 0.2) is 0 Å². The maximum absolute atomic E-state index is 9.61. The van der Waals surface area contributed by atoms with Gasteiger partial charge >= 0.3 is 0 Å². The minimum atomic E-state index is -0.129. The molecule has 0 unspecified atom stereocenters. The van der Waals surface area contributed by atoms with Gasteiger partial charge in [-0.3, -0.25) is 0 Å². The molecule has 0 amide bonds. The highest BCUT2D eigenvalue weighted by molar-refractivity contribution is 5.07. The number of rotatable bonds is 3. The Kier molecular flexibility index (Phi) is 3.56. The Hall–Kier alpha value is -0.380. The van der Waals surface area contributed by atoms with Gasteiger partial charge in [0.05, 0.1) is 19.3 Å². The van der Waals surface area contributed by atoms with Gasteiger partial charge < -0.3 is 15.2 Å². The van der Waals surface area contributed by atoms with Crippen molar-refractivity contribution in [3.05, 3.63) is 11.6 Å². The Balaban J connectivity index is 1.73. The van der Waals surface area contributed by atoms with Crippen LogP contribution in [-0.2, 0) is 4.74 Å². The molecule has 1 aliphatic carbocycles. The molecule has 0 saturated heterocycles. The molecule has 3 nitrogen and oxygen atoms in total. The molecule has 1 saturated carbocycles. The van der Waals surface area contributed by atoms with E-state index in [1.807, 2.05) is 0 Å². The summed E-state index contributed by atoms with van der Waals surface area (Å²) in [5, 5.41) is 13.0. The Morgan fingerprint density at radius 2 is 2.43 bits per heavy atom. The molecule has 3 heteroatoms.